The molecule has 1 aliphatic rings. The van der Waals surface area contributed by atoms with Gasteiger partial charge in [-0.1, -0.05) is 37.6 Å². The van der Waals surface area contributed by atoms with E-state index in [9.17, 15) is 9.90 Å². The Bertz CT molecular complexity index is 1190. The van der Waals surface area contributed by atoms with Gasteiger partial charge in [-0.05, 0) is 35.7 Å². The first-order valence-corrected chi connectivity index (χ1v) is 10.8. The molecular formula is C23H25ClN6O2. The van der Waals surface area contributed by atoms with E-state index in [4.69, 9.17) is 16.6 Å². The van der Waals surface area contributed by atoms with Crippen LogP contribution in [0.5, 0.6) is 0 Å². The number of hydrogen-bond donors (Lipinski definition) is 2. The number of fused-ring (bicyclic) bond motifs is 1. The molecule has 0 radical (unpaired) electrons. The lowest BCUT2D eigenvalue weighted by molar-refractivity contribution is -0.115. The van der Waals surface area contributed by atoms with Crippen LogP contribution in [0.4, 0.5) is 17.1 Å². The maximum atomic E-state index is 12.6. The number of aliphatic hydroxyl groups excluding tert-OH is 1. The van der Waals surface area contributed by atoms with Crippen molar-refractivity contribution in [3.05, 3.63) is 59.1 Å². The highest BCUT2D eigenvalue weighted by Gasteiger charge is 2.21. The predicted molar refractivity (Wildman–Crippen MR) is 126 cm³/mol. The highest BCUT2D eigenvalue weighted by Crippen LogP contribution is 2.38. The number of hydrogen-bond acceptors (Lipinski definition) is 6. The van der Waals surface area contributed by atoms with E-state index in [0.29, 0.717) is 33.9 Å². The lowest BCUT2D eigenvalue weighted by atomic mass is 10.1. The van der Waals surface area contributed by atoms with Crippen molar-refractivity contribution in [2.45, 2.75) is 26.9 Å². The fourth-order valence-corrected chi connectivity index (χ4v) is 4.09. The van der Waals surface area contributed by atoms with Crippen LogP contribution in [0.2, 0.25) is 5.02 Å². The standard InChI is InChI=1S/C23H25ClN6O2/c1-14(2)11-29(3)21-9-20-19(8-17(21)24)28-23(32)10-18(27-20)15-5-4-6-16(7-15)30-22(12-31)25-13-26-30/h4-9,13-14,31H,10-12H2,1-3H3,(H,28,32). The molecule has 1 aromatic heterocycles. The number of aliphatic hydroxyl groups is 1. The van der Waals surface area contributed by atoms with Crippen LogP contribution in [0.15, 0.2) is 47.7 Å². The zero-order valence-corrected chi connectivity index (χ0v) is 19.0. The fraction of sp³-hybridized carbons (Fsp3) is 0.304. The summed E-state index contributed by atoms with van der Waals surface area (Å²) in [7, 11) is 1.99. The summed E-state index contributed by atoms with van der Waals surface area (Å²) >= 11 is 6.52. The van der Waals surface area contributed by atoms with Gasteiger partial charge in [0, 0.05) is 13.6 Å². The average molecular weight is 453 g/mol. The lowest BCUT2D eigenvalue weighted by Gasteiger charge is -2.23. The van der Waals surface area contributed by atoms with Crippen LogP contribution < -0.4 is 10.2 Å². The molecule has 8 nitrogen and oxygen atoms in total. The molecule has 2 N–H and O–H groups in total. The van der Waals surface area contributed by atoms with E-state index in [0.717, 1.165) is 23.5 Å². The minimum absolute atomic E-state index is 0.122. The van der Waals surface area contributed by atoms with E-state index >= 15 is 0 Å². The smallest absolute Gasteiger partial charge is 0.230 e. The number of halogens is 1. The molecule has 1 aliphatic heterocycles. The molecule has 4 rings (SSSR count). The van der Waals surface area contributed by atoms with Crippen molar-refractivity contribution in [3.8, 4) is 5.69 Å². The number of nitrogens with zero attached hydrogens (tertiary/aromatic N) is 5. The van der Waals surface area contributed by atoms with Crippen molar-refractivity contribution in [2.24, 2.45) is 10.9 Å². The molecule has 3 aromatic rings. The molecule has 166 valence electrons. The van der Waals surface area contributed by atoms with Crippen molar-refractivity contribution in [1.82, 2.24) is 14.8 Å². The summed E-state index contributed by atoms with van der Waals surface area (Å²) in [5.74, 6) is 0.738. The Kier molecular flexibility index (Phi) is 6.25. The maximum absolute atomic E-state index is 12.6. The number of aromatic nitrogens is 3. The Balaban J connectivity index is 1.77. The third-order valence-corrected chi connectivity index (χ3v) is 5.46. The topological polar surface area (TPSA) is 95.6 Å². The van der Waals surface area contributed by atoms with Crippen molar-refractivity contribution in [1.29, 1.82) is 0 Å². The lowest BCUT2D eigenvalue weighted by Crippen LogP contribution is -2.22. The van der Waals surface area contributed by atoms with E-state index in [-0.39, 0.29) is 18.9 Å². The molecule has 0 fully saturated rings. The van der Waals surface area contributed by atoms with Gasteiger partial charge >= 0.3 is 0 Å². The number of carbonyl (C=O) groups is 1. The van der Waals surface area contributed by atoms with Crippen LogP contribution in [-0.2, 0) is 11.4 Å². The van der Waals surface area contributed by atoms with E-state index in [1.165, 1.54) is 6.33 Å². The Morgan fingerprint density at radius 1 is 1.28 bits per heavy atom. The zero-order chi connectivity index (χ0) is 22.8. The van der Waals surface area contributed by atoms with E-state index in [2.05, 4.69) is 34.1 Å². The number of aliphatic imine (C=N–C) groups is 1. The molecule has 1 amide bonds. The van der Waals surface area contributed by atoms with E-state index in [1.807, 2.05) is 37.4 Å². The first-order chi connectivity index (χ1) is 15.4. The second-order valence-electron chi connectivity index (χ2n) is 8.18. The number of rotatable bonds is 6. The zero-order valence-electron chi connectivity index (χ0n) is 18.2. The Morgan fingerprint density at radius 3 is 2.84 bits per heavy atom. The van der Waals surface area contributed by atoms with Crippen LogP contribution in [-0.4, -0.2) is 45.1 Å². The van der Waals surface area contributed by atoms with Crippen molar-refractivity contribution >= 4 is 40.3 Å². The highest BCUT2D eigenvalue weighted by molar-refractivity contribution is 6.34. The first kappa shape index (κ1) is 22.0. The molecule has 0 atom stereocenters. The van der Waals surface area contributed by atoms with Crippen molar-refractivity contribution in [2.75, 3.05) is 23.8 Å². The summed E-state index contributed by atoms with van der Waals surface area (Å²) in [6, 6.07) is 11.2. The molecule has 0 saturated heterocycles. The van der Waals surface area contributed by atoms with Gasteiger partial charge < -0.3 is 15.3 Å². The second-order valence-corrected chi connectivity index (χ2v) is 8.58. The van der Waals surface area contributed by atoms with Gasteiger partial charge in [0.25, 0.3) is 0 Å². The molecule has 0 spiro atoms. The van der Waals surface area contributed by atoms with Crippen LogP contribution in [0.3, 0.4) is 0 Å². The number of anilines is 2. The number of nitrogens with one attached hydrogen (secondary N) is 1. The summed E-state index contributed by atoms with van der Waals surface area (Å²) in [4.78, 5) is 23.6. The summed E-state index contributed by atoms with van der Waals surface area (Å²) in [5.41, 5.74) is 4.26. The normalized spacial score (nSPS) is 13.4. The third kappa shape index (κ3) is 4.51. The number of amides is 1. The van der Waals surface area contributed by atoms with Crippen LogP contribution in [0, 0.1) is 5.92 Å². The SMILES string of the molecule is CC(C)CN(C)c1cc2c(cc1Cl)NC(=O)CC(c1cccc(-n3ncnc3CO)c1)=N2. The predicted octanol–water partition coefficient (Wildman–Crippen LogP) is 3.97. The van der Waals surface area contributed by atoms with Crippen LogP contribution >= 0.6 is 11.6 Å². The van der Waals surface area contributed by atoms with Gasteiger partial charge in [0.05, 0.1) is 39.9 Å². The van der Waals surface area contributed by atoms with E-state index < -0.39 is 0 Å². The fourth-order valence-electron chi connectivity index (χ4n) is 3.79. The van der Waals surface area contributed by atoms with Crippen LogP contribution in [0.25, 0.3) is 5.69 Å². The van der Waals surface area contributed by atoms with Crippen molar-refractivity contribution < 1.29 is 9.90 Å². The molecule has 0 unspecified atom stereocenters. The van der Waals surface area contributed by atoms with Gasteiger partial charge in [0.15, 0.2) is 5.82 Å². The molecular weight excluding hydrogens is 428 g/mol. The van der Waals surface area contributed by atoms with Gasteiger partial charge in [-0.25, -0.2) is 9.67 Å². The van der Waals surface area contributed by atoms with Gasteiger partial charge in [0.2, 0.25) is 5.91 Å². The molecule has 0 saturated carbocycles. The number of carbonyl (C=O) groups excluding carboxylic acids is 1. The monoisotopic (exact) mass is 452 g/mol. The Morgan fingerprint density at radius 2 is 2.09 bits per heavy atom. The molecule has 2 heterocycles. The molecule has 0 bridgehead atoms. The summed E-state index contributed by atoms with van der Waals surface area (Å²) in [6.45, 7) is 4.91. The molecule has 9 heteroatoms. The molecule has 2 aromatic carbocycles. The van der Waals surface area contributed by atoms with Gasteiger partial charge in [-0.15, -0.1) is 0 Å². The third-order valence-electron chi connectivity index (χ3n) is 5.16. The summed E-state index contributed by atoms with van der Waals surface area (Å²) in [5, 5.41) is 17.2. The largest absolute Gasteiger partial charge is 0.388 e. The van der Waals surface area contributed by atoms with Gasteiger partial charge in [-0.3, -0.25) is 9.79 Å². The Labute approximate surface area is 191 Å². The minimum atomic E-state index is -0.228. The van der Waals surface area contributed by atoms with E-state index in [1.54, 1.807) is 10.7 Å². The number of benzene rings is 2. The first-order valence-electron chi connectivity index (χ1n) is 10.4. The molecule has 32 heavy (non-hydrogen) atoms. The van der Waals surface area contributed by atoms with Gasteiger partial charge in [0.1, 0.15) is 12.9 Å². The highest BCUT2D eigenvalue weighted by atomic mass is 35.5. The summed E-state index contributed by atoms with van der Waals surface area (Å²) in [6.07, 6.45) is 1.52. The van der Waals surface area contributed by atoms with Crippen LogP contribution in [0.1, 0.15) is 31.7 Å². The maximum Gasteiger partial charge on any atom is 0.230 e. The second kappa shape index (κ2) is 9.10. The average Bonchev–Trinajstić information content (AvgIpc) is 3.16. The quantitative estimate of drug-likeness (QED) is 0.590. The Hall–Kier alpha value is -3.23. The van der Waals surface area contributed by atoms with Crippen molar-refractivity contribution in [3.63, 3.8) is 0 Å². The summed E-state index contributed by atoms with van der Waals surface area (Å²) < 4.78 is 1.56. The molecule has 0 aliphatic carbocycles. The van der Waals surface area contributed by atoms with Gasteiger partial charge in [-0.2, -0.15) is 5.10 Å². The minimum Gasteiger partial charge on any atom is -0.388 e.